The second-order valence-electron chi connectivity index (χ2n) is 3.74. The van der Waals surface area contributed by atoms with E-state index in [2.05, 4.69) is 0 Å². The van der Waals surface area contributed by atoms with Crippen LogP contribution in [0.15, 0.2) is 18.2 Å². The molecule has 0 bridgehead atoms. The maximum atomic E-state index is 11.7. The fourth-order valence-electron chi connectivity index (χ4n) is 1.70. The molecule has 5 heteroatoms. The first-order valence-corrected chi connectivity index (χ1v) is 4.95. The van der Waals surface area contributed by atoms with Crippen LogP contribution in [0.4, 0.5) is 16.2 Å². The van der Waals surface area contributed by atoms with Crippen LogP contribution in [0.1, 0.15) is 5.56 Å². The summed E-state index contributed by atoms with van der Waals surface area (Å²) in [7, 11) is 1.75. The maximum absolute atomic E-state index is 11.7. The minimum atomic E-state index is -0.0475. The molecule has 1 fully saturated rings. The third-order valence-corrected chi connectivity index (χ3v) is 2.69. The molecule has 1 aliphatic rings. The van der Waals surface area contributed by atoms with Crippen molar-refractivity contribution >= 4 is 17.4 Å². The van der Waals surface area contributed by atoms with Gasteiger partial charge in [-0.1, -0.05) is 0 Å². The van der Waals surface area contributed by atoms with E-state index >= 15 is 0 Å². The molecule has 0 radical (unpaired) electrons. The molecule has 2 rings (SSSR count). The van der Waals surface area contributed by atoms with Gasteiger partial charge in [0.15, 0.2) is 0 Å². The van der Waals surface area contributed by atoms with Gasteiger partial charge in [-0.25, -0.2) is 4.79 Å². The molecule has 5 nitrogen and oxygen atoms in total. The summed E-state index contributed by atoms with van der Waals surface area (Å²) in [5, 5.41) is 8.86. The van der Waals surface area contributed by atoms with Crippen LogP contribution >= 0.6 is 0 Å². The number of anilines is 2. The van der Waals surface area contributed by atoms with Crippen molar-refractivity contribution in [3.8, 4) is 6.07 Å². The Labute approximate surface area is 93.7 Å². The Kier molecular flexibility index (Phi) is 2.41. The Morgan fingerprint density at radius 1 is 1.44 bits per heavy atom. The Morgan fingerprint density at radius 2 is 2.19 bits per heavy atom. The number of benzene rings is 1. The highest BCUT2D eigenvalue weighted by molar-refractivity contribution is 5.94. The lowest BCUT2D eigenvalue weighted by molar-refractivity contribution is 0.229. The lowest BCUT2D eigenvalue weighted by atomic mass is 10.1. The highest BCUT2D eigenvalue weighted by atomic mass is 16.2. The zero-order valence-electron chi connectivity index (χ0n) is 8.97. The summed E-state index contributed by atoms with van der Waals surface area (Å²) in [6.07, 6.45) is 0. The number of carbonyl (C=O) groups excluding carboxylic acids is 1. The second-order valence-corrected chi connectivity index (χ2v) is 3.74. The molecule has 1 aliphatic heterocycles. The number of hydrogen-bond acceptors (Lipinski definition) is 3. The predicted octanol–water partition coefficient (Wildman–Crippen LogP) is 1.01. The summed E-state index contributed by atoms with van der Waals surface area (Å²) in [5.74, 6) is 0. The molecule has 1 saturated heterocycles. The van der Waals surface area contributed by atoms with Crippen LogP contribution in [0.5, 0.6) is 0 Å². The monoisotopic (exact) mass is 216 g/mol. The smallest absolute Gasteiger partial charge is 0.324 e. The van der Waals surface area contributed by atoms with Crippen molar-refractivity contribution in [3.63, 3.8) is 0 Å². The minimum Gasteiger partial charge on any atom is -0.398 e. The minimum absolute atomic E-state index is 0.0475. The largest absolute Gasteiger partial charge is 0.398 e. The van der Waals surface area contributed by atoms with Crippen LogP contribution in [0.2, 0.25) is 0 Å². The number of likely N-dealkylation sites (N-methyl/N-ethyl adjacent to an activating group) is 1. The molecule has 0 saturated carbocycles. The van der Waals surface area contributed by atoms with E-state index in [-0.39, 0.29) is 6.03 Å². The molecule has 0 atom stereocenters. The third-order valence-electron chi connectivity index (χ3n) is 2.69. The van der Waals surface area contributed by atoms with Gasteiger partial charge in [0, 0.05) is 31.5 Å². The van der Waals surface area contributed by atoms with Gasteiger partial charge in [-0.3, -0.25) is 4.90 Å². The van der Waals surface area contributed by atoms with Gasteiger partial charge >= 0.3 is 6.03 Å². The molecule has 1 heterocycles. The summed E-state index contributed by atoms with van der Waals surface area (Å²) in [6.45, 7) is 1.34. The van der Waals surface area contributed by atoms with E-state index in [9.17, 15) is 4.79 Å². The normalized spacial score (nSPS) is 15.4. The topological polar surface area (TPSA) is 73.4 Å². The van der Waals surface area contributed by atoms with Crippen molar-refractivity contribution < 1.29 is 4.79 Å². The Hall–Kier alpha value is -2.22. The highest BCUT2D eigenvalue weighted by Crippen LogP contribution is 2.23. The number of nitrogen functional groups attached to an aromatic ring is 1. The van der Waals surface area contributed by atoms with Crippen LogP contribution in [0, 0.1) is 11.3 Å². The molecule has 0 spiro atoms. The number of amides is 2. The van der Waals surface area contributed by atoms with Crippen molar-refractivity contribution in [1.82, 2.24) is 4.90 Å². The van der Waals surface area contributed by atoms with Crippen LogP contribution in [0.3, 0.4) is 0 Å². The summed E-state index contributed by atoms with van der Waals surface area (Å²) < 4.78 is 0. The van der Waals surface area contributed by atoms with Crippen LogP contribution in [-0.4, -0.2) is 31.1 Å². The van der Waals surface area contributed by atoms with E-state index < -0.39 is 0 Å². The summed E-state index contributed by atoms with van der Waals surface area (Å²) >= 11 is 0. The van der Waals surface area contributed by atoms with E-state index in [1.165, 1.54) is 0 Å². The number of nitrogens with zero attached hydrogens (tertiary/aromatic N) is 3. The van der Waals surface area contributed by atoms with Crippen molar-refractivity contribution in [2.24, 2.45) is 0 Å². The van der Waals surface area contributed by atoms with Crippen molar-refractivity contribution in [3.05, 3.63) is 23.8 Å². The van der Waals surface area contributed by atoms with Gasteiger partial charge in [0.2, 0.25) is 0 Å². The lowest BCUT2D eigenvalue weighted by Gasteiger charge is -2.16. The van der Waals surface area contributed by atoms with Gasteiger partial charge in [0.05, 0.1) is 5.56 Å². The van der Waals surface area contributed by atoms with E-state index in [1.54, 1.807) is 35.0 Å². The van der Waals surface area contributed by atoms with E-state index in [4.69, 9.17) is 11.0 Å². The van der Waals surface area contributed by atoms with Gasteiger partial charge in [0.25, 0.3) is 0 Å². The van der Waals surface area contributed by atoms with Crippen LogP contribution in [-0.2, 0) is 0 Å². The van der Waals surface area contributed by atoms with Crippen molar-refractivity contribution in [1.29, 1.82) is 5.26 Å². The molecule has 1 aromatic rings. The Morgan fingerprint density at radius 3 is 2.75 bits per heavy atom. The number of carbonyl (C=O) groups is 1. The van der Waals surface area contributed by atoms with E-state index in [0.29, 0.717) is 24.3 Å². The van der Waals surface area contributed by atoms with E-state index in [1.807, 2.05) is 6.07 Å². The first kappa shape index (κ1) is 10.3. The molecule has 82 valence electrons. The van der Waals surface area contributed by atoms with Crippen molar-refractivity contribution in [2.45, 2.75) is 0 Å². The second kappa shape index (κ2) is 3.74. The first-order chi connectivity index (χ1) is 7.63. The standard InChI is InChI=1S/C11H12N4O/c1-14-4-5-15(11(14)16)9-2-3-10(13)8(6-9)7-12/h2-3,6H,4-5,13H2,1H3. The lowest BCUT2D eigenvalue weighted by Crippen LogP contribution is -2.29. The van der Waals surface area contributed by atoms with Crippen LogP contribution < -0.4 is 10.6 Å². The summed E-state index contributed by atoms with van der Waals surface area (Å²) in [6, 6.07) is 7.02. The molecular weight excluding hydrogens is 204 g/mol. The molecular formula is C11H12N4O. The molecule has 2 amide bonds. The molecule has 16 heavy (non-hydrogen) atoms. The Balaban J connectivity index is 2.36. The number of hydrogen-bond donors (Lipinski definition) is 1. The first-order valence-electron chi connectivity index (χ1n) is 4.95. The summed E-state index contributed by atoms with van der Waals surface area (Å²) in [4.78, 5) is 15.0. The zero-order chi connectivity index (χ0) is 11.7. The maximum Gasteiger partial charge on any atom is 0.324 e. The molecule has 0 unspecified atom stereocenters. The Bertz CT molecular complexity index is 477. The van der Waals surface area contributed by atoms with Gasteiger partial charge in [0.1, 0.15) is 6.07 Å². The predicted molar refractivity (Wildman–Crippen MR) is 60.9 cm³/mol. The zero-order valence-corrected chi connectivity index (χ0v) is 8.97. The van der Waals surface area contributed by atoms with Gasteiger partial charge in [-0.15, -0.1) is 0 Å². The quantitative estimate of drug-likeness (QED) is 0.712. The molecule has 0 aliphatic carbocycles. The number of nitriles is 1. The van der Waals surface area contributed by atoms with Crippen LogP contribution in [0.25, 0.3) is 0 Å². The van der Waals surface area contributed by atoms with Crippen molar-refractivity contribution in [2.75, 3.05) is 30.8 Å². The fraction of sp³-hybridized carbons (Fsp3) is 0.273. The third kappa shape index (κ3) is 1.54. The average Bonchev–Trinajstić information content (AvgIpc) is 2.61. The van der Waals surface area contributed by atoms with Gasteiger partial charge in [-0.05, 0) is 18.2 Å². The number of rotatable bonds is 1. The molecule has 0 aromatic heterocycles. The summed E-state index contributed by atoms with van der Waals surface area (Å²) in [5.41, 5.74) is 7.19. The van der Waals surface area contributed by atoms with Gasteiger partial charge in [-0.2, -0.15) is 5.26 Å². The highest BCUT2D eigenvalue weighted by Gasteiger charge is 2.26. The number of urea groups is 1. The van der Waals surface area contributed by atoms with Gasteiger partial charge < -0.3 is 10.6 Å². The average molecular weight is 216 g/mol. The van der Waals surface area contributed by atoms with E-state index in [0.717, 1.165) is 5.69 Å². The molecule has 1 aromatic carbocycles. The fourth-order valence-corrected chi connectivity index (χ4v) is 1.70. The number of nitrogens with two attached hydrogens (primary N) is 1. The molecule has 2 N–H and O–H groups in total. The SMILES string of the molecule is CN1CCN(c2ccc(N)c(C#N)c2)C1=O.